The summed E-state index contributed by atoms with van der Waals surface area (Å²) >= 11 is 0. The zero-order valence-electron chi connectivity index (χ0n) is 27.3. The molecule has 0 saturated carbocycles. The number of anilines is 1. The van der Waals surface area contributed by atoms with Crippen LogP contribution in [-0.4, -0.2) is 74.4 Å². The number of phosphoric acid groups is 1. The van der Waals surface area contributed by atoms with Gasteiger partial charge in [-0.15, -0.1) is 0 Å². The lowest BCUT2D eigenvalue weighted by Crippen LogP contribution is -2.41. The first-order valence-corrected chi connectivity index (χ1v) is 18.5. The molecule has 1 aliphatic rings. The highest BCUT2D eigenvalue weighted by molar-refractivity contribution is 7.47. The van der Waals surface area contributed by atoms with Crippen LogP contribution in [0, 0.1) is 11.3 Å². The van der Waals surface area contributed by atoms with Crippen molar-refractivity contribution in [1.29, 1.82) is 5.26 Å². The highest BCUT2D eigenvalue weighted by Crippen LogP contribution is 2.46. The summed E-state index contributed by atoms with van der Waals surface area (Å²) < 4.78 is 35.2. The molecule has 5 atom stereocenters. The molecule has 14 heteroatoms. The molecule has 13 nitrogen and oxygen atoms in total. The second-order valence-corrected chi connectivity index (χ2v) is 13.6. The lowest BCUT2D eigenvalue weighted by atomic mass is 9.92. The van der Waals surface area contributed by atoms with Crippen LogP contribution in [0.4, 0.5) is 5.82 Å². The van der Waals surface area contributed by atoms with Crippen molar-refractivity contribution in [1.82, 2.24) is 14.6 Å². The monoisotopic (exact) mass is 667 g/mol. The zero-order valence-corrected chi connectivity index (χ0v) is 28.2. The Balaban J connectivity index is 1.21. The Labute approximate surface area is 273 Å². The van der Waals surface area contributed by atoms with Crippen LogP contribution in [0.2, 0.25) is 0 Å². The van der Waals surface area contributed by atoms with Crippen molar-refractivity contribution in [2.75, 3.05) is 32.2 Å². The second kappa shape index (κ2) is 20.3. The third kappa shape index (κ3) is 11.5. The number of unbranched alkanes of at least 4 members (excludes halogenated alkanes) is 14. The molecule has 1 fully saturated rings. The van der Waals surface area contributed by atoms with Crippen LogP contribution in [0.1, 0.15) is 115 Å². The number of nitriles is 1. The van der Waals surface area contributed by atoms with E-state index in [0.717, 1.165) is 6.42 Å². The van der Waals surface area contributed by atoms with E-state index >= 15 is 0 Å². The van der Waals surface area contributed by atoms with Crippen molar-refractivity contribution >= 4 is 19.2 Å². The maximum atomic E-state index is 12.4. The lowest BCUT2D eigenvalue weighted by Gasteiger charge is -2.24. The summed E-state index contributed by atoms with van der Waals surface area (Å²) in [7, 11) is -4.48. The number of fused-ring (bicyclic) bond motifs is 1. The molecule has 1 saturated heterocycles. The minimum atomic E-state index is -4.48. The Hall–Kier alpha value is -2.14. The van der Waals surface area contributed by atoms with Gasteiger partial charge in [-0.1, -0.05) is 90.4 Å². The van der Waals surface area contributed by atoms with Crippen molar-refractivity contribution < 1.29 is 38.2 Å². The molecule has 3 rings (SSSR count). The van der Waals surface area contributed by atoms with Gasteiger partial charge < -0.3 is 30.3 Å². The highest BCUT2D eigenvalue weighted by atomic mass is 31.2. The fourth-order valence-electron chi connectivity index (χ4n) is 5.74. The van der Waals surface area contributed by atoms with E-state index in [-0.39, 0.29) is 18.1 Å². The molecule has 0 aromatic carbocycles. The van der Waals surface area contributed by atoms with Gasteiger partial charge in [0.05, 0.1) is 18.9 Å². The third-order valence-electron chi connectivity index (χ3n) is 8.47. The third-order valence-corrected chi connectivity index (χ3v) is 9.45. The van der Waals surface area contributed by atoms with Gasteiger partial charge in [0.15, 0.2) is 5.82 Å². The number of nitrogens with zero attached hydrogens (tertiary/aromatic N) is 4. The van der Waals surface area contributed by atoms with Crippen molar-refractivity contribution in [2.45, 2.75) is 134 Å². The number of ether oxygens (including phenoxy) is 2. The van der Waals surface area contributed by atoms with Gasteiger partial charge in [0.2, 0.25) is 5.60 Å². The molecule has 3 heterocycles. The summed E-state index contributed by atoms with van der Waals surface area (Å²) in [5.74, 6) is 0.150. The van der Waals surface area contributed by atoms with Crippen LogP contribution >= 0.6 is 7.82 Å². The van der Waals surface area contributed by atoms with Gasteiger partial charge >= 0.3 is 7.82 Å². The van der Waals surface area contributed by atoms with Crippen LogP contribution in [0.5, 0.6) is 0 Å². The second-order valence-electron chi connectivity index (χ2n) is 12.1. The van der Waals surface area contributed by atoms with Crippen LogP contribution in [0.25, 0.3) is 5.52 Å². The molecule has 2 aromatic heterocycles. The number of hydrogen-bond acceptors (Lipinski definition) is 11. The van der Waals surface area contributed by atoms with Crippen molar-refractivity contribution in [3.05, 3.63) is 24.2 Å². The minimum Gasteiger partial charge on any atom is -0.387 e. The van der Waals surface area contributed by atoms with Gasteiger partial charge in [0.1, 0.15) is 36.2 Å². The quantitative estimate of drug-likeness (QED) is 0.0761. The van der Waals surface area contributed by atoms with Gasteiger partial charge in [-0.25, -0.2) is 14.1 Å². The first kappa shape index (κ1) is 38.3. The molecule has 0 bridgehead atoms. The van der Waals surface area contributed by atoms with Crippen LogP contribution in [0.3, 0.4) is 0 Å². The van der Waals surface area contributed by atoms with E-state index in [1.54, 1.807) is 6.07 Å². The summed E-state index contributed by atoms with van der Waals surface area (Å²) in [6.45, 7) is 2.89. The van der Waals surface area contributed by atoms with E-state index in [2.05, 4.69) is 17.0 Å². The smallest absolute Gasteiger partial charge is 0.387 e. The molecule has 0 spiro atoms. The minimum absolute atomic E-state index is 0.0217. The van der Waals surface area contributed by atoms with Crippen molar-refractivity contribution in [3.63, 3.8) is 0 Å². The first-order valence-electron chi connectivity index (χ1n) is 17.0. The van der Waals surface area contributed by atoms with Gasteiger partial charge in [-0.3, -0.25) is 9.05 Å². The molecular weight excluding hydrogens is 613 g/mol. The Morgan fingerprint density at radius 2 is 1.50 bits per heavy atom. The Bertz CT molecular complexity index is 1240. The average Bonchev–Trinajstić information content (AvgIpc) is 3.59. The fourth-order valence-corrected chi connectivity index (χ4v) is 6.51. The number of aromatic nitrogens is 3. The predicted molar refractivity (Wildman–Crippen MR) is 174 cm³/mol. The normalized spacial score (nSPS) is 22.7. The predicted octanol–water partition coefficient (Wildman–Crippen LogP) is 5.56. The van der Waals surface area contributed by atoms with Gasteiger partial charge in [-0.05, 0) is 31.4 Å². The maximum absolute atomic E-state index is 12.4. The molecule has 0 amide bonds. The summed E-state index contributed by atoms with van der Waals surface area (Å²) in [6, 6.07) is 4.94. The van der Waals surface area contributed by atoms with E-state index in [0.29, 0.717) is 31.6 Å². The number of rotatable bonds is 25. The van der Waals surface area contributed by atoms with Crippen molar-refractivity contribution in [2.24, 2.45) is 0 Å². The van der Waals surface area contributed by atoms with Gasteiger partial charge in [0, 0.05) is 13.2 Å². The van der Waals surface area contributed by atoms with E-state index in [1.807, 2.05) is 6.07 Å². The molecule has 0 aliphatic carbocycles. The molecule has 260 valence electrons. The maximum Gasteiger partial charge on any atom is 0.472 e. The molecule has 2 aromatic rings. The summed E-state index contributed by atoms with van der Waals surface area (Å²) in [5, 5.41) is 35.4. The molecule has 0 radical (unpaired) electrons. The van der Waals surface area contributed by atoms with Crippen LogP contribution in [-0.2, 0) is 28.7 Å². The summed E-state index contributed by atoms with van der Waals surface area (Å²) in [5.41, 5.74) is 4.32. The fraction of sp³-hybridized carbons (Fsp3) is 0.781. The van der Waals surface area contributed by atoms with Crippen LogP contribution in [0.15, 0.2) is 18.5 Å². The topological polar surface area (TPSA) is 195 Å². The van der Waals surface area contributed by atoms with Crippen LogP contribution < -0.4 is 5.73 Å². The first-order chi connectivity index (χ1) is 22.3. The number of aliphatic hydroxyl groups is 2. The number of phosphoric ester groups is 1. The van der Waals surface area contributed by atoms with E-state index in [9.17, 15) is 24.9 Å². The highest BCUT2D eigenvalue weighted by Gasteiger charge is 2.58. The average molecular weight is 668 g/mol. The summed E-state index contributed by atoms with van der Waals surface area (Å²) in [4.78, 5) is 14.0. The Morgan fingerprint density at radius 1 is 0.935 bits per heavy atom. The molecule has 46 heavy (non-hydrogen) atoms. The lowest BCUT2D eigenvalue weighted by molar-refractivity contribution is -0.0643. The summed E-state index contributed by atoms with van der Waals surface area (Å²) in [6.07, 6.45) is 16.2. The SMILES string of the molecule is CCCCCCCCCCCCCCCCOCCCCOP(=O)(O)OC[C@H]1O[C@@](C#N)(c2ccc3c(N)ncnn23)[C@H](O)[C@@H]1O. The molecule has 1 unspecified atom stereocenters. The number of hydrogen-bond donors (Lipinski definition) is 4. The Kier molecular flexibility index (Phi) is 16.9. The van der Waals surface area contributed by atoms with Crippen molar-refractivity contribution in [3.8, 4) is 6.07 Å². The molecule has 1 aliphatic heterocycles. The largest absolute Gasteiger partial charge is 0.472 e. The number of nitrogen functional groups attached to an aromatic ring is 1. The standard InChI is InChI=1S/C32H54N5O8P/c1-2-3-4-5-6-7-8-9-10-11-12-13-14-15-20-42-21-16-17-22-43-46(40,41)44-23-27-29(38)30(39)32(24-33,45-27)28-19-18-26-31(34)35-25-36-37(26)28/h18-19,25,27,29-30,38-39H,2-17,20-23H2,1H3,(H,40,41)(H2,34,35,36)/t27-,29-,30-,32+/m1/s1. The van der Waals surface area contributed by atoms with E-state index in [4.69, 9.17) is 24.3 Å². The van der Waals surface area contributed by atoms with Gasteiger partial charge in [0.25, 0.3) is 0 Å². The van der Waals surface area contributed by atoms with Gasteiger partial charge in [-0.2, -0.15) is 10.4 Å². The van der Waals surface area contributed by atoms with E-state index in [1.165, 1.54) is 100 Å². The molecule has 5 N–H and O–H groups in total. The zero-order chi connectivity index (χ0) is 33.3. The van der Waals surface area contributed by atoms with E-state index < -0.39 is 38.3 Å². The molecular formula is C32H54N5O8P. The number of nitrogens with two attached hydrogens (primary N) is 1. The number of aliphatic hydroxyl groups excluding tert-OH is 2. The Morgan fingerprint density at radius 3 is 2.11 bits per heavy atom.